The highest BCUT2D eigenvalue weighted by molar-refractivity contribution is 5.90. The van der Waals surface area contributed by atoms with Crippen molar-refractivity contribution in [1.82, 2.24) is 5.32 Å². The predicted octanol–water partition coefficient (Wildman–Crippen LogP) is 2.92. The molecule has 0 heterocycles. The van der Waals surface area contributed by atoms with Crippen molar-refractivity contribution in [2.75, 3.05) is 19.0 Å². The highest BCUT2D eigenvalue weighted by Crippen LogP contribution is 2.21. The molecular formula is C16H26N2O3. The van der Waals surface area contributed by atoms with Gasteiger partial charge in [0.15, 0.2) is 0 Å². The van der Waals surface area contributed by atoms with Crippen LogP contribution >= 0.6 is 0 Å². The van der Waals surface area contributed by atoms with Crippen molar-refractivity contribution in [3.05, 3.63) is 23.8 Å². The van der Waals surface area contributed by atoms with Gasteiger partial charge in [0, 0.05) is 12.2 Å². The Morgan fingerprint density at radius 2 is 2.14 bits per heavy atom. The van der Waals surface area contributed by atoms with Gasteiger partial charge < -0.3 is 20.5 Å². The molecule has 0 aliphatic rings. The Balaban J connectivity index is 2.58. The molecule has 0 saturated heterocycles. The number of rotatable bonds is 6. The molecule has 21 heavy (non-hydrogen) atoms. The minimum atomic E-state index is -0.916. The second-order valence-electron chi connectivity index (χ2n) is 5.65. The molecular weight excluding hydrogens is 268 g/mol. The van der Waals surface area contributed by atoms with Crippen LogP contribution in [0.4, 0.5) is 10.5 Å². The molecule has 1 aromatic carbocycles. The van der Waals surface area contributed by atoms with E-state index in [2.05, 4.69) is 10.6 Å². The van der Waals surface area contributed by atoms with E-state index in [0.29, 0.717) is 0 Å². The summed E-state index contributed by atoms with van der Waals surface area (Å²) in [6.45, 7) is 7.82. The number of anilines is 1. The Bertz CT molecular complexity index is 486. The molecule has 0 fully saturated rings. The molecule has 0 radical (unpaired) electrons. The zero-order valence-electron chi connectivity index (χ0n) is 13.5. The zero-order valence-corrected chi connectivity index (χ0v) is 13.5. The molecule has 118 valence electrons. The van der Waals surface area contributed by atoms with E-state index in [0.717, 1.165) is 23.4 Å². The molecule has 0 bridgehead atoms. The van der Waals surface area contributed by atoms with Gasteiger partial charge in [-0.1, -0.05) is 20.3 Å². The topological polar surface area (TPSA) is 70.6 Å². The van der Waals surface area contributed by atoms with Crippen molar-refractivity contribution < 1.29 is 14.6 Å². The Kier molecular flexibility index (Phi) is 6.03. The van der Waals surface area contributed by atoms with Crippen LogP contribution in [0.25, 0.3) is 0 Å². The Labute approximate surface area is 126 Å². The number of methoxy groups -OCH3 is 1. The van der Waals surface area contributed by atoms with Crippen molar-refractivity contribution >= 4 is 11.7 Å². The molecule has 0 aliphatic carbocycles. The number of aliphatic hydroxyl groups is 1. The maximum absolute atomic E-state index is 11.9. The number of ether oxygens (including phenoxy) is 1. The van der Waals surface area contributed by atoms with Crippen LogP contribution in [0, 0.1) is 12.8 Å². The first kappa shape index (κ1) is 17.3. The van der Waals surface area contributed by atoms with Gasteiger partial charge in [-0.2, -0.15) is 0 Å². The van der Waals surface area contributed by atoms with Crippen LogP contribution in [-0.2, 0) is 0 Å². The molecule has 0 aromatic heterocycles. The molecule has 2 amide bonds. The molecule has 1 aromatic rings. The lowest BCUT2D eigenvalue weighted by molar-refractivity contribution is 0.00827. The summed E-state index contributed by atoms with van der Waals surface area (Å²) >= 11 is 0. The maximum atomic E-state index is 11.9. The lowest BCUT2D eigenvalue weighted by Gasteiger charge is -2.29. The number of urea groups is 1. The van der Waals surface area contributed by atoms with Gasteiger partial charge in [-0.05, 0) is 43.5 Å². The maximum Gasteiger partial charge on any atom is 0.319 e. The first-order valence-corrected chi connectivity index (χ1v) is 7.22. The highest BCUT2D eigenvalue weighted by atomic mass is 16.5. The van der Waals surface area contributed by atoms with E-state index in [1.54, 1.807) is 26.2 Å². The normalized spacial score (nSPS) is 15.0. The second-order valence-corrected chi connectivity index (χ2v) is 5.65. The summed E-state index contributed by atoms with van der Waals surface area (Å²) in [5.41, 5.74) is 0.718. The third kappa shape index (κ3) is 4.93. The van der Waals surface area contributed by atoms with Crippen LogP contribution < -0.4 is 15.4 Å². The molecule has 3 N–H and O–H groups in total. The molecule has 2 atom stereocenters. The quantitative estimate of drug-likeness (QED) is 0.755. The van der Waals surface area contributed by atoms with Crippen LogP contribution in [0.2, 0.25) is 0 Å². The summed E-state index contributed by atoms with van der Waals surface area (Å²) in [5, 5.41) is 15.7. The molecule has 0 saturated carbocycles. The van der Waals surface area contributed by atoms with Crippen LogP contribution in [0.3, 0.4) is 0 Å². The fraction of sp³-hybridized carbons (Fsp3) is 0.562. The Morgan fingerprint density at radius 1 is 1.48 bits per heavy atom. The Hall–Kier alpha value is -1.75. The summed E-state index contributed by atoms with van der Waals surface area (Å²) in [6.07, 6.45) is 0.855. The monoisotopic (exact) mass is 294 g/mol. The van der Waals surface area contributed by atoms with E-state index < -0.39 is 5.60 Å². The fourth-order valence-electron chi connectivity index (χ4n) is 1.94. The second kappa shape index (κ2) is 7.31. The van der Waals surface area contributed by atoms with Crippen LogP contribution in [0.5, 0.6) is 5.75 Å². The van der Waals surface area contributed by atoms with E-state index in [-0.39, 0.29) is 18.5 Å². The minimum absolute atomic E-state index is 0.112. The number of aryl methyl sites for hydroxylation is 1. The number of amides is 2. The lowest BCUT2D eigenvalue weighted by atomic mass is 9.89. The lowest BCUT2D eigenvalue weighted by Crippen LogP contribution is -2.46. The number of hydrogen-bond donors (Lipinski definition) is 3. The van der Waals surface area contributed by atoms with Crippen molar-refractivity contribution in [2.45, 2.75) is 39.7 Å². The molecule has 1 rings (SSSR count). The molecule has 0 spiro atoms. The van der Waals surface area contributed by atoms with Gasteiger partial charge in [0.1, 0.15) is 5.75 Å². The zero-order chi connectivity index (χ0) is 16.0. The van der Waals surface area contributed by atoms with Gasteiger partial charge >= 0.3 is 6.03 Å². The van der Waals surface area contributed by atoms with Gasteiger partial charge in [-0.25, -0.2) is 4.79 Å². The number of benzene rings is 1. The summed E-state index contributed by atoms with van der Waals surface area (Å²) in [4.78, 5) is 11.9. The average molecular weight is 294 g/mol. The van der Waals surface area contributed by atoms with Crippen LogP contribution in [0.15, 0.2) is 18.2 Å². The van der Waals surface area contributed by atoms with E-state index >= 15 is 0 Å². The number of nitrogens with one attached hydrogen (secondary N) is 2. The van der Waals surface area contributed by atoms with Gasteiger partial charge in [-0.15, -0.1) is 0 Å². The third-order valence-corrected chi connectivity index (χ3v) is 3.96. The molecule has 2 unspecified atom stereocenters. The fourth-order valence-corrected chi connectivity index (χ4v) is 1.94. The summed E-state index contributed by atoms with van der Waals surface area (Å²) in [5.74, 6) is 0.860. The summed E-state index contributed by atoms with van der Waals surface area (Å²) < 4.78 is 5.12. The average Bonchev–Trinajstić information content (AvgIpc) is 2.46. The van der Waals surface area contributed by atoms with E-state index in [9.17, 15) is 9.90 Å². The molecule has 5 nitrogen and oxygen atoms in total. The third-order valence-electron chi connectivity index (χ3n) is 3.96. The van der Waals surface area contributed by atoms with Crippen molar-refractivity contribution in [1.29, 1.82) is 0 Å². The largest absolute Gasteiger partial charge is 0.497 e. The van der Waals surface area contributed by atoms with Gasteiger partial charge in [0.25, 0.3) is 0 Å². The smallest absolute Gasteiger partial charge is 0.319 e. The van der Waals surface area contributed by atoms with Crippen molar-refractivity contribution in [3.8, 4) is 5.75 Å². The van der Waals surface area contributed by atoms with Gasteiger partial charge in [-0.3, -0.25) is 0 Å². The van der Waals surface area contributed by atoms with E-state index in [1.807, 2.05) is 26.8 Å². The van der Waals surface area contributed by atoms with Gasteiger partial charge in [0.2, 0.25) is 0 Å². The number of hydrogen-bond acceptors (Lipinski definition) is 3. The summed E-state index contributed by atoms with van der Waals surface area (Å²) in [6, 6.07) is 5.11. The Morgan fingerprint density at radius 3 is 2.67 bits per heavy atom. The molecule has 0 aliphatic heterocycles. The van der Waals surface area contributed by atoms with Crippen LogP contribution in [0.1, 0.15) is 32.8 Å². The summed E-state index contributed by atoms with van der Waals surface area (Å²) in [7, 11) is 1.60. The van der Waals surface area contributed by atoms with Gasteiger partial charge in [0.05, 0.1) is 12.7 Å². The van der Waals surface area contributed by atoms with E-state index in [4.69, 9.17) is 4.74 Å². The van der Waals surface area contributed by atoms with Crippen LogP contribution in [-0.4, -0.2) is 30.4 Å². The predicted molar refractivity (Wildman–Crippen MR) is 84.8 cm³/mol. The standard InChI is InChI=1S/C16H26N2O3/c1-6-12(3)16(4,20)10-17-15(19)18-14-8-7-13(21-5)9-11(14)2/h7-9,12,20H,6,10H2,1-5H3,(H2,17,18,19). The molecule has 5 heteroatoms. The van der Waals surface area contributed by atoms with Crippen molar-refractivity contribution in [2.24, 2.45) is 5.92 Å². The minimum Gasteiger partial charge on any atom is -0.497 e. The highest BCUT2D eigenvalue weighted by Gasteiger charge is 2.27. The number of carbonyl (C=O) groups excluding carboxylic acids is 1. The SMILES string of the molecule is CCC(C)C(C)(O)CNC(=O)Nc1ccc(OC)cc1C. The van der Waals surface area contributed by atoms with E-state index in [1.165, 1.54) is 0 Å². The first-order chi connectivity index (χ1) is 9.80. The van der Waals surface area contributed by atoms with Crippen molar-refractivity contribution in [3.63, 3.8) is 0 Å². The number of carbonyl (C=O) groups is 1. The first-order valence-electron chi connectivity index (χ1n) is 7.22.